The minimum absolute atomic E-state index is 0.361. The van der Waals surface area contributed by atoms with E-state index in [1.54, 1.807) is 0 Å². The third kappa shape index (κ3) is 2.70. The molecule has 0 aliphatic heterocycles. The highest BCUT2D eigenvalue weighted by molar-refractivity contribution is 8.14. The van der Waals surface area contributed by atoms with Gasteiger partial charge in [-0.05, 0) is 24.3 Å². The summed E-state index contributed by atoms with van der Waals surface area (Å²) in [5, 5.41) is -0.0575. The molecule has 0 aliphatic rings. The third-order valence-corrected chi connectivity index (χ3v) is 5.65. The molecule has 0 amide bonds. The van der Waals surface area contributed by atoms with E-state index in [0.29, 0.717) is 9.53 Å². The number of nitrogens with zero attached hydrogens (tertiary/aromatic N) is 2. The first kappa shape index (κ1) is 13.7. The summed E-state index contributed by atoms with van der Waals surface area (Å²) in [6.45, 7) is 0. The second kappa shape index (κ2) is 5.68. The van der Waals surface area contributed by atoms with Gasteiger partial charge in [-0.15, -0.1) is 11.3 Å². The van der Waals surface area contributed by atoms with Gasteiger partial charge in [0.05, 0.1) is 20.4 Å². The molecule has 0 radical (unpaired) electrons. The Bertz CT molecular complexity index is 833. The van der Waals surface area contributed by atoms with Gasteiger partial charge in [-0.25, -0.2) is 14.8 Å². The number of para-hydroxylation sites is 2. The van der Waals surface area contributed by atoms with Gasteiger partial charge in [-0.2, -0.15) is 0 Å². The summed E-state index contributed by atoms with van der Waals surface area (Å²) in [4.78, 5) is 20.7. The van der Waals surface area contributed by atoms with E-state index in [9.17, 15) is 4.79 Å². The monoisotopic (exact) mass is 344 g/mol. The number of carbonyl (C=O) groups excluding carboxylic acids is 1. The van der Waals surface area contributed by atoms with Crippen molar-refractivity contribution >= 4 is 60.2 Å². The number of rotatable bonds is 2. The van der Waals surface area contributed by atoms with Crippen molar-refractivity contribution in [3.63, 3.8) is 0 Å². The summed E-state index contributed by atoms with van der Waals surface area (Å²) in [5.74, 6) is 0. The van der Waals surface area contributed by atoms with Crippen LogP contribution in [0.5, 0.6) is 5.19 Å². The Morgan fingerprint density at radius 2 is 1.55 bits per heavy atom. The second-order valence-corrected chi connectivity index (χ2v) is 7.56. The Hall–Kier alpha value is -1.96. The minimum atomic E-state index is -0.418. The van der Waals surface area contributed by atoms with Gasteiger partial charge in [0.2, 0.25) is 0 Å². The topological polar surface area (TPSA) is 52.1 Å². The molecule has 4 nitrogen and oxygen atoms in total. The molecule has 0 bridgehead atoms. The Kier molecular flexibility index (Phi) is 3.53. The first-order valence-electron chi connectivity index (χ1n) is 6.39. The summed E-state index contributed by atoms with van der Waals surface area (Å²) >= 11 is 3.82. The summed E-state index contributed by atoms with van der Waals surface area (Å²) in [5.41, 5.74) is 1.73. The standard InChI is InChI=1S/C15H8N2O2S3/c18-15(19-13-16-9-5-1-3-7-11(9)20-13)22-14-17-10-6-2-4-8-12(10)21-14/h1-8H. The SMILES string of the molecule is O=C(Oc1nc2ccccc2s1)Sc1nc2ccccc2s1. The quantitative estimate of drug-likeness (QED) is 0.370. The molecule has 22 heavy (non-hydrogen) atoms. The molecule has 108 valence electrons. The molecule has 2 heterocycles. The zero-order chi connectivity index (χ0) is 14.9. The maximum absolute atomic E-state index is 12.0. The number of thiazole rings is 2. The van der Waals surface area contributed by atoms with E-state index in [2.05, 4.69) is 9.97 Å². The van der Waals surface area contributed by atoms with Crippen LogP contribution in [0, 0.1) is 0 Å². The molecule has 0 N–H and O–H groups in total. The van der Waals surface area contributed by atoms with Gasteiger partial charge >= 0.3 is 5.30 Å². The van der Waals surface area contributed by atoms with Crippen LogP contribution in [0.15, 0.2) is 52.9 Å². The van der Waals surface area contributed by atoms with Crippen LogP contribution in [0.1, 0.15) is 0 Å². The number of carbonyl (C=O) groups is 1. The number of ether oxygens (including phenoxy) is 1. The zero-order valence-corrected chi connectivity index (χ0v) is 13.5. The van der Waals surface area contributed by atoms with Gasteiger partial charge in [0.25, 0.3) is 5.19 Å². The minimum Gasteiger partial charge on any atom is -0.389 e. The lowest BCUT2D eigenvalue weighted by molar-refractivity contribution is 0.227. The van der Waals surface area contributed by atoms with Crippen LogP contribution in [-0.2, 0) is 0 Å². The fraction of sp³-hybridized carbons (Fsp3) is 0. The van der Waals surface area contributed by atoms with Crippen molar-refractivity contribution in [1.82, 2.24) is 9.97 Å². The molecule has 0 fully saturated rings. The number of fused-ring (bicyclic) bond motifs is 2. The molecule has 4 aromatic rings. The van der Waals surface area contributed by atoms with Crippen LogP contribution in [-0.4, -0.2) is 15.3 Å². The van der Waals surface area contributed by atoms with Crippen molar-refractivity contribution in [3.05, 3.63) is 48.5 Å². The lowest BCUT2D eigenvalue weighted by Gasteiger charge is -1.95. The highest BCUT2D eigenvalue weighted by atomic mass is 32.2. The van der Waals surface area contributed by atoms with Gasteiger partial charge in [-0.3, -0.25) is 0 Å². The maximum Gasteiger partial charge on any atom is 0.381 e. The fourth-order valence-corrected chi connectivity index (χ4v) is 4.56. The van der Waals surface area contributed by atoms with E-state index in [4.69, 9.17) is 4.74 Å². The largest absolute Gasteiger partial charge is 0.389 e. The van der Waals surface area contributed by atoms with Crippen molar-refractivity contribution in [2.75, 3.05) is 0 Å². The van der Waals surface area contributed by atoms with E-state index in [0.717, 1.165) is 32.2 Å². The summed E-state index contributed by atoms with van der Waals surface area (Å²) in [7, 11) is 0. The molecule has 7 heteroatoms. The molecule has 2 aromatic heterocycles. The van der Waals surface area contributed by atoms with Crippen molar-refractivity contribution in [2.45, 2.75) is 4.34 Å². The predicted molar refractivity (Wildman–Crippen MR) is 91.1 cm³/mol. The van der Waals surface area contributed by atoms with E-state index in [1.165, 1.54) is 22.7 Å². The summed E-state index contributed by atoms with van der Waals surface area (Å²) < 4.78 is 8.02. The molecule has 0 saturated heterocycles. The number of hydrogen-bond donors (Lipinski definition) is 0. The van der Waals surface area contributed by atoms with Crippen LogP contribution in [0.25, 0.3) is 20.4 Å². The first-order valence-corrected chi connectivity index (χ1v) is 8.84. The fourth-order valence-electron chi connectivity index (χ4n) is 1.95. The van der Waals surface area contributed by atoms with Gasteiger partial charge in [0.1, 0.15) is 0 Å². The predicted octanol–water partition coefficient (Wildman–Crippen LogP) is 5.20. The van der Waals surface area contributed by atoms with Crippen molar-refractivity contribution in [2.24, 2.45) is 0 Å². The molecule has 0 spiro atoms. The molecule has 0 aliphatic carbocycles. The maximum atomic E-state index is 12.0. The Morgan fingerprint density at radius 1 is 0.909 bits per heavy atom. The average Bonchev–Trinajstić information content (AvgIpc) is 3.08. The molecular formula is C15H8N2O2S3. The van der Waals surface area contributed by atoms with E-state index in [1.807, 2.05) is 48.5 Å². The lowest BCUT2D eigenvalue weighted by atomic mass is 10.3. The Morgan fingerprint density at radius 3 is 2.23 bits per heavy atom. The number of aromatic nitrogens is 2. The molecule has 2 aromatic carbocycles. The van der Waals surface area contributed by atoms with E-state index >= 15 is 0 Å². The Balaban J connectivity index is 1.52. The number of hydrogen-bond acceptors (Lipinski definition) is 7. The smallest absolute Gasteiger partial charge is 0.381 e. The molecule has 0 atom stereocenters. The van der Waals surface area contributed by atoms with E-state index in [-0.39, 0.29) is 0 Å². The summed E-state index contributed by atoms with van der Waals surface area (Å²) in [6, 6.07) is 15.5. The Labute approximate surface area is 137 Å². The van der Waals surface area contributed by atoms with Crippen molar-refractivity contribution in [1.29, 1.82) is 0 Å². The van der Waals surface area contributed by atoms with Crippen molar-refractivity contribution < 1.29 is 9.53 Å². The van der Waals surface area contributed by atoms with Gasteiger partial charge in [0, 0.05) is 11.8 Å². The van der Waals surface area contributed by atoms with E-state index < -0.39 is 5.30 Å². The summed E-state index contributed by atoms with van der Waals surface area (Å²) in [6.07, 6.45) is 0. The van der Waals surface area contributed by atoms with Gasteiger partial charge < -0.3 is 4.74 Å². The van der Waals surface area contributed by atoms with Crippen molar-refractivity contribution in [3.8, 4) is 5.19 Å². The molecule has 0 saturated carbocycles. The van der Waals surface area contributed by atoms with Gasteiger partial charge in [0.15, 0.2) is 4.34 Å². The third-order valence-electron chi connectivity index (χ3n) is 2.89. The number of thioether (sulfide) groups is 1. The molecule has 4 rings (SSSR count). The normalized spacial score (nSPS) is 11.1. The van der Waals surface area contributed by atoms with Crippen LogP contribution in [0.3, 0.4) is 0 Å². The first-order chi connectivity index (χ1) is 10.8. The van der Waals surface area contributed by atoms with Gasteiger partial charge in [-0.1, -0.05) is 35.6 Å². The second-order valence-electron chi connectivity index (χ2n) is 4.35. The van der Waals surface area contributed by atoms with Crippen LogP contribution < -0.4 is 4.74 Å². The van der Waals surface area contributed by atoms with Crippen LogP contribution in [0.2, 0.25) is 0 Å². The molecule has 0 unspecified atom stereocenters. The lowest BCUT2D eigenvalue weighted by Crippen LogP contribution is -1.99. The highest BCUT2D eigenvalue weighted by Crippen LogP contribution is 2.32. The highest BCUT2D eigenvalue weighted by Gasteiger charge is 2.14. The number of benzene rings is 2. The molecular weight excluding hydrogens is 336 g/mol. The van der Waals surface area contributed by atoms with Crippen LogP contribution in [0.4, 0.5) is 4.79 Å². The average molecular weight is 344 g/mol. The van der Waals surface area contributed by atoms with Crippen LogP contribution >= 0.6 is 34.4 Å². The zero-order valence-electron chi connectivity index (χ0n) is 11.1.